The molecule has 0 aliphatic rings. The highest BCUT2D eigenvalue weighted by Crippen LogP contribution is 2.33. The van der Waals surface area contributed by atoms with Crippen molar-refractivity contribution in [1.82, 2.24) is 0 Å². The summed E-state index contributed by atoms with van der Waals surface area (Å²) in [4.78, 5) is 10.8. The van der Waals surface area contributed by atoms with Crippen LogP contribution in [0.3, 0.4) is 0 Å². The monoisotopic (exact) mass is 248 g/mol. The number of carbonyl (C=O) groups is 1. The molecule has 0 unspecified atom stereocenters. The summed E-state index contributed by atoms with van der Waals surface area (Å²) in [7, 11) is 0.970. The molecule has 0 spiro atoms. The third-order valence-corrected chi connectivity index (χ3v) is 1.92. The van der Waals surface area contributed by atoms with Crippen molar-refractivity contribution in [3.05, 3.63) is 41.7 Å². The van der Waals surface area contributed by atoms with E-state index in [9.17, 15) is 22.4 Å². The number of hydrogen-bond acceptors (Lipinski definition) is 2. The highest BCUT2D eigenvalue weighted by atomic mass is 19.4. The zero-order valence-corrected chi connectivity index (χ0v) is 8.72. The molecule has 1 rings (SSSR count). The Kier molecular flexibility index (Phi) is 3.88. The topological polar surface area (TPSA) is 26.3 Å². The summed E-state index contributed by atoms with van der Waals surface area (Å²) in [5.41, 5.74) is -1.48. The Balaban J connectivity index is 3.21. The second-order valence-corrected chi connectivity index (χ2v) is 3.09. The van der Waals surface area contributed by atoms with Gasteiger partial charge in [-0.25, -0.2) is 9.18 Å². The minimum atomic E-state index is -4.72. The SMILES string of the molecule is COC(=O)/C=C(/c1ccc(F)cc1)C(F)(F)F. The van der Waals surface area contributed by atoms with Gasteiger partial charge in [0.2, 0.25) is 0 Å². The number of allylic oxidation sites excluding steroid dienone is 1. The first-order valence-corrected chi connectivity index (χ1v) is 4.47. The molecule has 0 amide bonds. The Bertz CT molecular complexity index is 432. The number of benzene rings is 1. The summed E-state index contributed by atoms with van der Waals surface area (Å²) in [6, 6.07) is 3.65. The first-order valence-electron chi connectivity index (χ1n) is 4.47. The van der Waals surface area contributed by atoms with Gasteiger partial charge in [-0.05, 0) is 17.7 Å². The van der Waals surface area contributed by atoms with Crippen LogP contribution in [0.15, 0.2) is 30.3 Å². The standard InChI is InChI=1S/C11H8F4O2/c1-17-10(16)6-9(11(13,14)15)7-2-4-8(12)5-3-7/h2-6H,1H3/b9-6-. The molecule has 0 aromatic heterocycles. The molecule has 2 nitrogen and oxygen atoms in total. The molecule has 0 aliphatic carbocycles. The first kappa shape index (κ1) is 13.2. The van der Waals surface area contributed by atoms with Crippen LogP contribution >= 0.6 is 0 Å². The Morgan fingerprint density at radius 3 is 2.18 bits per heavy atom. The predicted octanol–water partition coefficient (Wildman–Crippen LogP) is 2.94. The summed E-state index contributed by atoms with van der Waals surface area (Å²) in [6.07, 6.45) is -4.39. The number of ether oxygens (including phenoxy) is 1. The Labute approximate surface area is 94.5 Å². The van der Waals surface area contributed by atoms with Gasteiger partial charge in [-0.15, -0.1) is 0 Å². The maximum absolute atomic E-state index is 12.6. The number of esters is 1. The molecular weight excluding hydrogens is 240 g/mol. The van der Waals surface area contributed by atoms with Crippen LogP contribution in [-0.2, 0) is 9.53 Å². The van der Waals surface area contributed by atoms with Crippen LogP contribution in [-0.4, -0.2) is 19.3 Å². The quantitative estimate of drug-likeness (QED) is 0.457. The fourth-order valence-corrected chi connectivity index (χ4v) is 1.14. The van der Waals surface area contributed by atoms with Crippen LogP contribution in [0.2, 0.25) is 0 Å². The van der Waals surface area contributed by atoms with E-state index < -0.39 is 23.5 Å². The van der Waals surface area contributed by atoms with Crippen LogP contribution in [0, 0.1) is 5.82 Å². The van der Waals surface area contributed by atoms with Crippen LogP contribution < -0.4 is 0 Å². The second-order valence-electron chi connectivity index (χ2n) is 3.09. The van der Waals surface area contributed by atoms with E-state index in [1.165, 1.54) is 0 Å². The molecule has 0 saturated carbocycles. The Hall–Kier alpha value is -1.85. The van der Waals surface area contributed by atoms with Gasteiger partial charge in [0.15, 0.2) is 0 Å². The molecule has 17 heavy (non-hydrogen) atoms. The zero-order valence-electron chi connectivity index (χ0n) is 8.72. The van der Waals surface area contributed by atoms with E-state index in [1.807, 2.05) is 0 Å². The van der Waals surface area contributed by atoms with Crippen molar-refractivity contribution in [3.63, 3.8) is 0 Å². The average molecular weight is 248 g/mol. The maximum atomic E-state index is 12.6. The van der Waals surface area contributed by atoms with E-state index in [1.54, 1.807) is 0 Å². The van der Waals surface area contributed by atoms with Gasteiger partial charge in [0.05, 0.1) is 12.7 Å². The molecule has 0 radical (unpaired) electrons. The number of carbonyl (C=O) groups excluding carboxylic acids is 1. The van der Waals surface area contributed by atoms with Crippen molar-refractivity contribution in [1.29, 1.82) is 0 Å². The van der Waals surface area contributed by atoms with Crippen molar-refractivity contribution in [2.45, 2.75) is 6.18 Å². The molecular formula is C11H8F4O2. The molecule has 0 bridgehead atoms. The van der Waals surface area contributed by atoms with E-state index in [2.05, 4.69) is 4.74 Å². The fourth-order valence-electron chi connectivity index (χ4n) is 1.14. The van der Waals surface area contributed by atoms with Crippen LogP contribution in [0.25, 0.3) is 5.57 Å². The molecule has 1 aromatic carbocycles. The van der Waals surface area contributed by atoms with Crippen molar-refractivity contribution in [2.75, 3.05) is 7.11 Å². The molecule has 1 aromatic rings. The molecule has 6 heteroatoms. The highest BCUT2D eigenvalue weighted by Gasteiger charge is 2.35. The van der Waals surface area contributed by atoms with E-state index in [-0.39, 0.29) is 5.56 Å². The number of halogens is 4. The van der Waals surface area contributed by atoms with E-state index in [4.69, 9.17) is 0 Å². The number of hydrogen-bond donors (Lipinski definition) is 0. The maximum Gasteiger partial charge on any atom is 0.417 e. The van der Waals surface area contributed by atoms with Crippen LogP contribution in [0.5, 0.6) is 0 Å². The molecule has 92 valence electrons. The van der Waals surface area contributed by atoms with Crippen LogP contribution in [0.4, 0.5) is 17.6 Å². The number of alkyl halides is 3. The van der Waals surface area contributed by atoms with Crippen molar-refractivity contribution < 1.29 is 27.1 Å². The van der Waals surface area contributed by atoms with Crippen LogP contribution in [0.1, 0.15) is 5.56 Å². The minimum absolute atomic E-state index is 0.302. The number of rotatable bonds is 2. The van der Waals surface area contributed by atoms with Crippen molar-refractivity contribution in [2.24, 2.45) is 0 Å². The summed E-state index contributed by atoms with van der Waals surface area (Å²) in [5, 5.41) is 0. The largest absolute Gasteiger partial charge is 0.466 e. The van der Waals surface area contributed by atoms with E-state index in [0.717, 1.165) is 31.4 Å². The second kappa shape index (κ2) is 4.99. The van der Waals surface area contributed by atoms with Gasteiger partial charge >= 0.3 is 12.1 Å². The molecule has 0 atom stereocenters. The predicted molar refractivity (Wildman–Crippen MR) is 52.4 cm³/mol. The third kappa shape index (κ3) is 3.58. The van der Waals surface area contributed by atoms with Crippen molar-refractivity contribution >= 4 is 11.5 Å². The Morgan fingerprint density at radius 2 is 1.76 bits per heavy atom. The average Bonchev–Trinajstić information content (AvgIpc) is 2.25. The normalized spacial score (nSPS) is 12.4. The van der Waals surface area contributed by atoms with Gasteiger partial charge in [0.25, 0.3) is 0 Å². The van der Waals surface area contributed by atoms with E-state index >= 15 is 0 Å². The molecule has 0 fully saturated rings. The van der Waals surface area contributed by atoms with Gasteiger partial charge in [0, 0.05) is 6.08 Å². The van der Waals surface area contributed by atoms with Gasteiger partial charge < -0.3 is 4.74 Å². The highest BCUT2D eigenvalue weighted by molar-refractivity contribution is 5.92. The first-order chi connectivity index (χ1) is 7.84. The summed E-state index contributed by atoms with van der Waals surface area (Å²) in [5.74, 6) is -1.78. The fraction of sp³-hybridized carbons (Fsp3) is 0.182. The molecule has 0 N–H and O–H groups in total. The van der Waals surface area contributed by atoms with Gasteiger partial charge in [0.1, 0.15) is 5.82 Å². The van der Waals surface area contributed by atoms with Gasteiger partial charge in [-0.3, -0.25) is 0 Å². The lowest BCUT2D eigenvalue weighted by molar-refractivity contribution is -0.135. The Morgan fingerprint density at radius 1 is 1.24 bits per heavy atom. The van der Waals surface area contributed by atoms with E-state index in [0.29, 0.717) is 6.08 Å². The third-order valence-electron chi connectivity index (χ3n) is 1.92. The summed E-state index contributed by atoms with van der Waals surface area (Å²) < 4.78 is 54.6. The molecule has 0 aliphatic heterocycles. The molecule has 0 saturated heterocycles. The summed E-state index contributed by atoms with van der Waals surface area (Å²) in [6.45, 7) is 0. The van der Waals surface area contributed by atoms with Gasteiger partial charge in [-0.2, -0.15) is 13.2 Å². The lowest BCUT2D eigenvalue weighted by Crippen LogP contribution is -2.13. The molecule has 0 heterocycles. The lowest BCUT2D eigenvalue weighted by Gasteiger charge is -2.11. The minimum Gasteiger partial charge on any atom is -0.466 e. The lowest BCUT2D eigenvalue weighted by atomic mass is 10.1. The van der Waals surface area contributed by atoms with Crippen molar-refractivity contribution in [3.8, 4) is 0 Å². The van der Waals surface area contributed by atoms with Gasteiger partial charge in [-0.1, -0.05) is 12.1 Å². The number of methoxy groups -OCH3 is 1. The smallest absolute Gasteiger partial charge is 0.417 e. The zero-order chi connectivity index (χ0) is 13.1. The summed E-state index contributed by atoms with van der Waals surface area (Å²) >= 11 is 0.